The van der Waals surface area contributed by atoms with Crippen LogP contribution >= 0.6 is 15.9 Å². The van der Waals surface area contributed by atoms with Crippen LogP contribution in [0.2, 0.25) is 0 Å². The second kappa shape index (κ2) is 7.13. The Morgan fingerprint density at radius 1 is 1.42 bits per heavy atom. The van der Waals surface area contributed by atoms with Gasteiger partial charge in [0.2, 0.25) is 5.91 Å². The molecule has 2 amide bonds. The van der Waals surface area contributed by atoms with Crippen molar-refractivity contribution >= 4 is 27.7 Å². The molecule has 1 atom stereocenters. The molecule has 0 aliphatic carbocycles. The summed E-state index contributed by atoms with van der Waals surface area (Å²) in [5.74, 6) is 0.243. The van der Waals surface area contributed by atoms with Crippen molar-refractivity contribution in [3.8, 4) is 5.75 Å². The standard InChI is InChI=1S/C13H17BrN2O3/c1-8(6-12(17)15-2)16-13(18)10-7-9(19-3)4-5-11(10)14/h4-5,7-8H,6H2,1-3H3,(H,15,17)(H,16,18)/t8-/m1/s1. The summed E-state index contributed by atoms with van der Waals surface area (Å²) >= 11 is 3.32. The number of carbonyl (C=O) groups excluding carboxylic acids is 2. The quantitative estimate of drug-likeness (QED) is 0.864. The fourth-order valence-corrected chi connectivity index (χ4v) is 1.96. The molecule has 0 saturated carbocycles. The highest BCUT2D eigenvalue weighted by atomic mass is 79.9. The molecule has 0 saturated heterocycles. The largest absolute Gasteiger partial charge is 0.497 e. The summed E-state index contributed by atoms with van der Waals surface area (Å²) in [5, 5.41) is 5.29. The average molecular weight is 329 g/mol. The molecule has 2 N–H and O–H groups in total. The van der Waals surface area contributed by atoms with Crippen LogP contribution in [-0.4, -0.2) is 32.0 Å². The number of hydrogen-bond acceptors (Lipinski definition) is 3. The zero-order chi connectivity index (χ0) is 14.4. The lowest BCUT2D eigenvalue weighted by atomic mass is 10.1. The third-order valence-electron chi connectivity index (χ3n) is 2.57. The first-order valence-electron chi connectivity index (χ1n) is 5.83. The Morgan fingerprint density at radius 2 is 2.11 bits per heavy atom. The summed E-state index contributed by atoms with van der Waals surface area (Å²) in [6.07, 6.45) is 0.240. The second-order valence-electron chi connectivity index (χ2n) is 4.10. The number of rotatable bonds is 5. The van der Waals surface area contributed by atoms with Crippen molar-refractivity contribution < 1.29 is 14.3 Å². The van der Waals surface area contributed by atoms with Crippen molar-refractivity contribution in [1.82, 2.24) is 10.6 Å². The van der Waals surface area contributed by atoms with Gasteiger partial charge in [0.1, 0.15) is 5.75 Å². The Morgan fingerprint density at radius 3 is 2.68 bits per heavy atom. The molecule has 0 heterocycles. The highest BCUT2D eigenvalue weighted by Gasteiger charge is 2.15. The maximum absolute atomic E-state index is 12.1. The molecule has 0 radical (unpaired) electrons. The van der Waals surface area contributed by atoms with Crippen LogP contribution in [-0.2, 0) is 4.79 Å². The van der Waals surface area contributed by atoms with E-state index in [1.54, 1.807) is 39.3 Å². The number of nitrogens with one attached hydrogen (secondary N) is 2. The number of halogens is 1. The number of carbonyl (C=O) groups is 2. The number of amides is 2. The molecule has 0 fully saturated rings. The smallest absolute Gasteiger partial charge is 0.252 e. The van der Waals surface area contributed by atoms with E-state index in [1.165, 1.54) is 0 Å². The van der Waals surface area contributed by atoms with Crippen molar-refractivity contribution in [3.05, 3.63) is 28.2 Å². The molecule has 6 heteroatoms. The van der Waals surface area contributed by atoms with Gasteiger partial charge in [-0.25, -0.2) is 0 Å². The second-order valence-corrected chi connectivity index (χ2v) is 4.95. The first kappa shape index (κ1) is 15.5. The topological polar surface area (TPSA) is 67.4 Å². The molecule has 0 aliphatic rings. The van der Waals surface area contributed by atoms with Crippen LogP contribution in [0, 0.1) is 0 Å². The highest BCUT2D eigenvalue weighted by Crippen LogP contribution is 2.22. The maximum Gasteiger partial charge on any atom is 0.252 e. The Hall–Kier alpha value is -1.56. The van der Waals surface area contributed by atoms with E-state index in [1.807, 2.05) is 0 Å². The zero-order valence-electron chi connectivity index (χ0n) is 11.1. The van der Waals surface area contributed by atoms with Crippen molar-refractivity contribution in [3.63, 3.8) is 0 Å². The Labute approximate surface area is 120 Å². The van der Waals surface area contributed by atoms with E-state index in [9.17, 15) is 9.59 Å². The normalized spacial score (nSPS) is 11.6. The van der Waals surface area contributed by atoms with E-state index in [0.29, 0.717) is 15.8 Å². The van der Waals surface area contributed by atoms with E-state index in [-0.39, 0.29) is 24.3 Å². The highest BCUT2D eigenvalue weighted by molar-refractivity contribution is 9.10. The molecule has 0 bridgehead atoms. The van der Waals surface area contributed by atoms with Crippen molar-refractivity contribution in [2.45, 2.75) is 19.4 Å². The number of methoxy groups -OCH3 is 1. The van der Waals surface area contributed by atoms with Gasteiger partial charge in [0, 0.05) is 24.0 Å². The van der Waals surface area contributed by atoms with Crippen LogP contribution in [0.4, 0.5) is 0 Å². The first-order valence-corrected chi connectivity index (χ1v) is 6.62. The summed E-state index contributed by atoms with van der Waals surface area (Å²) in [4.78, 5) is 23.3. The van der Waals surface area contributed by atoms with Gasteiger partial charge >= 0.3 is 0 Å². The van der Waals surface area contributed by atoms with Crippen LogP contribution in [0.3, 0.4) is 0 Å². The third kappa shape index (κ3) is 4.55. The fourth-order valence-electron chi connectivity index (χ4n) is 1.54. The predicted octanol–water partition coefficient (Wildman–Crippen LogP) is 1.71. The van der Waals surface area contributed by atoms with Gasteiger partial charge in [-0.05, 0) is 41.1 Å². The van der Waals surface area contributed by atoms with Crippen molar-refractivity contribution in [1.29, 1.82) is 0 Å². The molecule has 1 rings (SSSR count). The van der Waals surface area contributed by atoms with Gasteiger partial charge in [-0.2, -0.15) is 0 Å². The molecular weight excluding hydrogens is 312 g/mol. The van der Waals surface area contributed by atoms with Gasteiger partial charge in [0.05, 0.1) is 12.7 Å². The van der Waals surface area contributed by atoms with Gasteiger partial charge in [-0.15, -0.1) is 0 Å². The number of benzene rings is 1. The maximum atomic E-state index is 12.1. The zero-order valence-corrected chi connectivity index (χ0v) is 12.7. The van der Waals surface area contributed by atoms with Crippen LogP contribution in [0.1, 0.15) is 23.7 Å². The van der Waals surface area contributed by atoms with Gasteiger partial charge in [-0.3, -0.25) is 9.59 Å². The molecule has 0 aliphatic heterocycles. The number of hydrogen-bond donors (Lipinski definition) is 2. The van der Waals surface area contributed by atoms with Crippen molar-refractivity contribution in [2.24, 2.45) is 0 Å². The van der Waals surface area contributed by atoms with E-state index in [0.717, 1.165) is 0 Å². The summed E-state index contributed by atoms with van der Waals surface area (Å²) < 4.78 is 5.76. The number of ether oxygens (including phenoxy) is 1. The Balaban J connectivity index is 2.75. The third-order valence-corrected chi connectivity index (χ3v) is 3.26. The van der Waals surface area contributed by atoms with Crippen LogP contribution in [0.15, 0.2) is 22.7 Å². The minimum atomic E-state index is -0.248. The lowest BCUT2D eigenvalue weighted by Crippen LogP contribution is -2.36. The minimum absolute atomic E-state index is 0.113. The molecule has 19 heavy (non-hydrogen) atoms. The predicted molar refractivity (Wildman–Crippen MR) is 76.3 cm³/mol. The molecule has 5 nitrogen and oxygen atoms in total. The van der Waals surface area contributed by atoms with E-state index >= 15 is 0 Å². The molecule has 1 aromatic carbocycles. The summed E-state index contributed by atoms with van der Waals surface area (Å²) in [5.41, 5.74) is 0.475. The summed E-state index contributed by atoms with van der Waals surface area (Å²) in [6.45, 7) is 1.78. The fraction of sp³-hybridized carbons (Fsp3) is 0.385. The van der Waals surface area contributed by atoms with Gasteiger partial charge < -0.3 is 15.4 Å². The summed E-state index contributed by atoms with van der Waals surface area (Å²) in [7, 11) is 3.11. The average Bonchev–Trinajstić information content (AvgIpc) is 2.38. The Kier molecular flexibility index (Phi) is 5.82. The van der Waals surface area contributed by atoms with Gasteiger partial charge in [-0.1, -0.05) is 0 Å². The first-order chi connectivity index (χ1) is 8.97. The molecule has 1 aromatic rings. The summed E-state index contributed by atoms with van der Waals surface area (Å²) in [6, 6.07) is 4.91. The van der Waals surface area contributed by atoms with Crippen LogP contribution in [0.25, 0.3) is 0 Å². The monoisotopic (exact) mass is 328 g/mol. The van der Waals surface area contributed by atoms with Crippen LogP contribution < -0.4 is 15.4 Å². The van der Waals surface area contributed by atoms with Crippen LogP contribution in [0.5, 0.6) is 5.75 Å². The van der Waals surface area contributed by atoms with E-state index in [4.69, 9.17) is 4.74 Å². The molecule has 0 aromatic heterocycles. The lowest BCUT2D eigenvalue weighted by Gasteiger charge is -2.14. The molecule has 104 valence electrons. The van der Waals surface area contributed by atoms with E-state index in [2.05, 4.69) is 26.6 Å². The molecule has 0 unspecified atom stereocenters. The molecule has 0 spiro atoms. The lowest BCUT2D eigenvalue weighted by molar-refractivity contribution is -0.120. The van der Waals surface area contributed by atoms with Gasteiger partial charge in [0.25, 0.3) is 5.91 Å². The minimum Gasteiger partial charge on any atom is -0.497 e. The molecular formula is C13H17BrN2O3. The van der Waals surface area contributed by atoms with Crippen molar-refractivity contribution in [2.75, 3.05) is 14.2 Å². The Bertz CT molecular complexity index is 477. The SMILES string of the molecule is CNC(=O)C[C@@H](C)NC(=O)c1cc(OC)ccc1Br. The van der Waals surface area contributed by atoms with Gasteiger partial charge in [0.15, 0.2) is 0 Å². The van der Waals surface area contributed by atoms with E-state index < -0.39 is 0 Å².